The second-order valence-electron chi connectivity index (χ2n) is 2.60. The molecule has 0 aromatic carbocycles. The SMILES string of the molecule is CC(=O)O.CC(=O)O.CC(=O)O.CC(=O)O.CC(=O)O.N.N.N.N.N. The zero-order valence-electron chi connectivity index (χ0n) is 15.3. The number of rotatable bonds is 0. The fourth-order valence-electron chi connectivity index (χ4n) is 0. The first-order valence-electron chi connectivity index (χ1n) is 4.64. The molecule has 0 saturated heterocycles. The molecule has 160 valence electrons. The second-order valence-corrected chi connectivity index (χ2v) is 2.60. The molecule has 0 aromatic heterocycles. The third kappa shape index (κ3) is 955. The van der Waals surface area contributed by atoms with Crippen LogP contribution in [0, 0.1) is 0 Å². The summed E-state index contributed by atoms with van der Waals surface area (Å²) in [5.41, 5.74) is 0. The van der Waals surface area contributed by atoms with Crippen molar-refractivity contribution < 1.29 is 49.5 Å². The molecule has 0 aromatic rings. The normalized spacial score (nSPS) is 5.00. The van der Waals surface area contributed by atoms with Gasteiger partial charge in [0.2, 0.25) is 0 Å². The maximum atomic E-state index is 9.00. The minimum atomic E-state index is -0.833. The Morgan fingerprint density at radius 2 is 0.360 bits per heavy atom. The van der Waals surface area contributed by atoms with Gasteiger partial charge in [0.05, 0.1) is 0 Å². The number of hydrogen-bond acceptors (Lipinski definition) is 10. The Kier molecular flexibility index (Phi) is 156. The minimum absolute atomic E-state index is 0. The Morgan fingerprint density at radius 1 is 0.360 bits per heavy atom. The summed E-state index contributed by atoms with van der Waals surface area (Å²) < 4.78 is 0. The van der Waals surface area contributed by atoms with Crippen molar-refractivity contribution in [3.8, 4) is 0 Å². The molecule has 0 aliphatic carbocycles. The van der Waals surface area contributed by atoms with E-state index < -0.39 is 29.8 Å². The summed E-state index contributed by atoms with van der Waals surface area (Å²) in [6, 6.07) is 0. The average molecular weight is 385 g/mol. The van der Waals surface area contributed by atoms with E-state index in [9.17, 15) is 0 Å². The lowest BCUT2D eigenvalue weighted by Crippen LogP contribution is -1.78. The molecule has 0 atom stereocenters. The summed E-state index contributed by atoms with van der Waals surface area (Å²) in [6.07, 6.45) is 0. The molecule has 0 fully saturated rings. The lowest BCUT2D eigenvalue weighted by Gasteiger charge is -1.59. The summed E-state index contributed by atoms with van der Waals surface area (Å²) in [5.74, 6) is -4.17. The van der Waals surface area contributed by atoms with Crippen LogP contribution in [0.25, 0.3) is 0 Å². The van der Waals surface area contributed by atoms with Crippen LogP contribution in [0.4, 0.5) is 0 Å². The highest BCUT2D eigenvalue weighted by atomic mass is 16.4. The fourth-order valence-corrected chi connectivity index (χ4v) is 0. The van der Waals surface area contributed by atoms with Gasteiger partial charge >= 0.3 is 0 Å². The molecule has 0 unspecified atom stereocenters. The number of aliphatic carboxylic acids is 5. The van der Waals surface area contributed by atoms with Crippen LogP contribution < -0.4 is 30.8 Å². The van der Waals surface area contributed by atoms with E-state index in [1.165, 1.54) is 0 Å². The van der Waals surface area contributed by atoms with Crippen LogP contribution in [-0.2, 0) is 24.0 Å². The maximum Gasteiger partial charge on any atom is 0.300 e. The first-order valence-corrected chi connectivity index (χ1v) is 4.64. The third-order valence-corrected chi connectivity index (χ3v) is 0. The van der Waals surface area contributed by atoms with Gasteiger partial charge in [-0.3, -0.25) is 24.0 Å². The largest absolute Gasteiger partial charge is 0.481 e. The summed E-state index contributed by atoms with van der Waals surface area (Å²) in [4.78, 5) is 45.0. The van der Waals surface area contributed by atoms with Gasteiger partial charge in [0, 0.05) is 34.6 Å². The first kappa shape index (κ1) is 67.1. The van der Waals surface area contributed by atoms with Crippen LogP contribution in [-0.4, -0.2) is 55.4 Å². The highest BCUT2D eigenvalue weighted by Crippen LogP contribution is 1.43. The fraction of sp³-hybridized carbons (Fsp3) is 0.500. The molecule has 0 saturated carbocycles. The summed E-state index contributed by atoms with van der Waals surface area (Å²) in [7, 11) is 0. The molecule has 15 nitrogen and oxygen atoms in total. The number of carboxylic acid groups (broad SMARTS) is 5. The van der Waals surface area contributed by atoms with Crippen molar-refractivity contribution >= 4 is 29.8 Å². The molecule has 0 bridgehead atoms. The van der Waals surface area contributed by atoms with Gasteiger partial charge in [-0.1, -0.05) is 0 Å². The van der Waals surface area contributed by atoms with Crippen molar-refractivity contribution in [1.29, 1.82) is 0 Å². The molecule has 0 spiro atoms. The van der Waals surface area contributed by atoms with Gasteiger partial charge in [0.15, 0.2) is 0 Å². The highest BCUT2D eigenvalue weighted by molar-refractivity contribution is 5.63. The zero-order chi connectivity index (χ0) is 17.9. The average Bonchev–Trinajstić information content (AvgIpc) is 1.94. The van der Waals surface area contributed by atoms with Gasteiger partial charge in [0.1, 0.15) is 0 Å². The first-order chi connectivity index (χ1) is 8.66. The molecule has 0 heterocycles. The van der Waals surface area contributed by atoms with Gasteiger partial charge < -0.3 is 56.3 Å². The van der Waals surface area contributed by atoms with E-state index >= 15 is 0 Å². The van der Waals surface area contributed by atoms with Gasteiger partial charge in [-0.25, -0.2) is 0 Å². The van der Waals surface area contributed by atoms with E-state index in [2.05, 4.69) is 0 Å². The quantitative estimate of drug-likeness (QED) is 0.280. The summed E-state index contributed by atoms with van der Waals surface area (Å²) >= 11 is 0. The van der Waals surface area contributed by atoms with Gasteiger partial charge in [-0.05, 0) is 0 Å². The Balaban J connectivity index is -0.0000000134. The van der Waals surface area contributed by atoms with Crippen molar-refractivity contribution in [2.24, 2.45) is 0 Å². The maximum absolute atomic E-state index is 9.00. The lowest BCUT2D eigenvalue weighted by atomic mass is 10.9. The highest BCUT2D eigenvalue weighted by Gasteiger charge is 1.66. The van der Waals surface area contributed by atoms with Gasteiger partial charge in [-0.2, -0.15) is 0 Å². The van der Waals surface area contributed by atoms with Crippen LogP contribution in [0.1, 0.15) is 34.6 Å². The lowest BCUT2D eigenvalue weighted by molar-refractivity contribution is -0.135. The van der Waals surface area contributed by atoms with Crippen molar-refractivity contribution in [1.82, 2.24) is 30.8 Å². The van der Waals surface area contributed by atoms with Crippen molar-refractivity contribution in [3.63, 3.8) is 0 Å². The Morgan fingerprint density at radius 3 is 0.360 bits per heavy atom. The standard InChI is InChI=1S/5C2H4O2.5H3N/c5*1-2(3)4;;;;;/h5*1H3,(H,3,4);5*1H3. The van der Waals surface area contributed by atoms with Gasteiger partial charge in [-0.15, -0.1) is 0 Å². The van der Waals surface area contributed by atoms with E-state index in [1.54, 1.807) is 0 Å². The molecule has 25 heavy (non-hydrogen) atoms. The molecular formula is C10H35N5O10. The summed E-state index contributed by atoms with van der Waals surface area (Å²) in [6.45, 7) is 5.42. The topological polar surface area (TPSA) is 362 Å². The van der Waals surface area contributed by atoms with Crippen LogP contribution in [0.2, 0.25) is 0 Å². The van der Waals surface area contributed by atoms with Crippen molar-refractivity contribution in [3.05, 3.63) is 0 Å². The smallest absolute Gasteiger partial charge is 0.300 e. The van der Waals surface area contributed by atoms with Crippen LogP contribution in [0.5, 0.6) is 0 Å². The molecular weight excluding hydrogens is 350 g/mol. The Bertz CT molecular complexity index is 223. The van der Waals surface area contributed by atoms with Crippen LogP contribution in [0.3, 0.4) is 0 Å². The molecule has 0 amide bonds. The zero-order valence-corrected chi connectivity index (χ0v) is 15.3. The van der Waals surface area contributed by atoms with E-state index in [4.69, 9.17) is 49.5 Å². The van der Waals surface area contributed by atoms with Crippen molar-refractivity contribution in [2.75, 3.05) is 0 Å². The number of carbonyl (C=O) groups is 5. The molecule has 0 radical (unpaired) electrons. The summed E-state index contributed by atoms with van der Waals surface area (Å²) in [5, 5.41) is 37.1. The van der Waals surface area contributed by atoms with E-state index in [-0.39, 0.29) is 30.8 Å². The predicted molar refractivity (Wildman–Crippen MR) is 91.7 cm³/mol. The molecule has 15 heteroatoms. The van der Waals surface area contributed by atoms with E-state index in [1.807, 2.05) is 0 Å². The molecule has 0 aliphatic heterocycles. The molecule has 0 aliphatic rings. The Hall–Kier alpha value is -2.85. The Labute approximate surface area is 146 Å². The van der Waals surface area contributed by atoms with E-state index in [0.717, 1.165) is 34.6 Å². The third-order valence-electron chi connectivity index (χ3n) is 0. The van der Waals surface area contributed by atoms with Gasteiger partial charge in [0.25, 0.3) is 29.8 Å². The molecule has 0 rings (SSSR count). The van der Waals surface area contributed by atoms with E-state index in [0.29, 0.717) is 0 Å². The number of carboxylic acids is 5. The van der Waals surface area contributed by atoms with Crippen LogP contribution >= 0.6 is 0 Å². The predicted octanol–water partition coefficient (Wildman–Crippen LogP) is 1.26. The van der Waals surface area contributed by atoms with Crippen LogP contribution in [0.15, 0.2) is 0 Å². The minimum Gasteiger partial charge on any atom is -0.481 e. The number of hydrogen-bond donors (Lipinski definition) is 10. The van der Waals surface area contributed by atoms with Crippen molar-refractivity contribution in [2.45, 2.75) is 34.6 Å². The molecule has 20 N–H and O–H groups in total. The monoisotopic (exact) mass is 385 g/mol. The second kappa shape index (κ2) is 58.2.